The summed E-state index contributed by atoms with van der Waals surface area (Å²) in [5.74, 6) is 1.37. The third-order valence-electron chi connectivity index (χ3n) is 3.46. The molecule has 1 aromatic rings. The van der Waals surface area contributed by atoms with Gasteiger partial charge in [-0.25, -0.2) is 0 Å². The van der Waals surface area contributed by atoms with Crippen molar-refractivity contribution in [3.63, 3.8) is 0 Å². The van der Waals surface area contributed by atoms with Crippen LogP contribution < -0.4 is 10.5 Å². The Morgan fingerprint density at radius 1 is 1.29 bits per heavy atom. The minimum absolute atomic E-state index is 0.0428. The normalized spacial score (nSPS) is 14.0. The first-order valence-corrected chi connectivity index (χ1v) is 7.50. The van der Waals surface area contributed by atoms with Crippen molar-refractivity contribution in [2.45, 2.75) is 39.3 Å². The zero-order valence-corrected chi connectivity index (χ0v) is 13.5. The fraction of sp³-hybridized carbons (Fsp3) is 0.588. The highest BCUT2D eigenvalue weighted by molar-refractivity contribution is 5.36. The average Bonchev–Trinajstić information content (AvgIpc) is 2.44. The molecule has 0 aromatic heterocycles. The lowest BCUT2D eigenvalue weighted by atomic mass is 9.96. The molecule has 116 valence electrons. The topological polar surface area (TPSA) is 62.3 Å². The van der Waals surface area contributed by atoms with E-state index in [1.54, 1.807) is 7.11 Å². The second-order valence-corrected chi connectivity index (χ2v) is 5.84. The molecule has 2 N–H and O–H groups in total. The van der Waals surface area contributed by atoms with Gasteiger partial charge in [0.1, 0.15) is 5.75 Å². The Hall–Kier alpha value is -1.57. The van der Waals surface area contributed by atoms with Crippen molar-refractivity contribution in [3.05, 3.63) is 29.8 Å². The molecule has 0 aliphatic carbocycles. The molecule has 1 rings (SSSR count). The van der Waals surface area contributed by atoms with E-state index >= 15 is 0 Å². The highest BCUT2D eigenvalue weighted by atomic mass is 16.5. The maximum Gasteiger partial charge on any atom is 0.123 e. The summed E-state index contributed by atoms with van der Waals surface area (Å²) < 4.78 is 5.49. The summed E-state index contributed by atoms with van der Waals surface area (Å²) in [7, 11) is 1.68. The molecule has 0 fully saturated rings. The maximum atomic E-state index is 8.91. The van der Waals surface area contributed by atoms with E-state index in [2.05, 4.69) is 30.9 Å². The molecule has 0 aliphatic rings. The third kappa shape index (κ3) is 5.04. The Kier molecular flexibility index (Phi) is 7.21. The standard InChI is InChI=1S/C17H27N3O/c1-13(2)12-20(11-7-10-18)17(14(3)19)15-8-5-6-9-16(15)21-4/h5-6,8-9,13-14,17H,7,11-12,19H2,1-4H3. The Balaban J connectivity index is 3.14. The molecule has 2 atom stereocenters. The van der Waals surface area contributed by atoms with E-state index in [4.69, 9.17) is 15.7 Å². The maximum absolute atomic E-state index is 8.91. The molecule has 0 bridgehead atoms. The fourth-order valence-corrected chi connectivity index (χ4v) is 2.73. The van der Waals surface area contributed by atoms with Crippen LogP contribution in [0.2, 0.25) is 0 Å². The van der Waals surface area contributed by atoms with Gasteiger partial charge in [-0.1, -0.05) is 32.0 Å². The summed E-state index contributed by atoms with van der Waals surface area (Å²) in [6.45, 7) is 8.00. The molecule has 0 heterocycles. The van der Waals surface area contributed by atoms with Gasteiger partial charge in [0.15, 0.2) is 0 Å². The smallest absolute Gasteiger partial charge is 0.123 e. The molecule has 0 saturated carbocycles. The van der Waals surface area contributed by atoms with Gasteiger partial charge >= 0.3 is 0 Å². The van der Waals surface area contributed by atoms with Crippen molar-refractivity contribution < 1.29 is 4.74 Å². The zero-order valence-electron chi connectivity index (χ0n) is 13.5. The van der Waals surface area contributed by atoms with Gasteiger partial charge in [-0.2, -0.15) is 5.26 Å². The average molecular weight is 289 g/mol. The number of nitriles is 1. The molecule has 0 aliphatic heterocycles. The largest absolute Gasteiger partial charge is 0.496 e. The quantitative estimate of drug-likeness (QED) is 0.799. The molecule has 0 radical (unpaired) electrons. The number of rotatable bonds is 8. The molecule has 0 spiro atoms. The van der Waals surface area contributed by atoms with Gasteiger partial charge in [0.25, 0.3) is 0 Å². The van der Waals surface area contributed by atoms with E-state index in [9.17, 15) is 0 Å². The number of para-hydroxylation sites is 1. The summed E-state index contributed by atoms with van der Waals surface area (Å²) >= 11 is 0. The lowest BCUT2D eigenvalue weighted by Crippen LogP contribution is -2.42. The van der Waals surface area contributed by atoms with E-state index in [1.165, 1.54) is 0 Å². The van der Waals surface area contributed by atoms with E-state index in [-0.39, 0.29) is 12.1 Å². The van der Waals surface area contributed by atoms with Gasteiger partial charge < -0.3 is 10.5 Å². The Morgan fingerprint density at radius 3 is 2.48 bits per heavy atom. The van der Waals surface area contributed by atoms with Crippen LogP contribution in [0.5, 0.6) is 5.75 Å². The summed E-state index contributed by atoms with van der Waals surface area (Å²) in [5.41, 5.74) is 7.35. The molecular formula is C17H27N3O. The molecule has 21 heavy (non-hydrogen) atoms. The molecule has 0 amide bonds. The van der Waals surface area contributed by atoms with Crippen molar-refractivity contribution in [1.82, 2.24) is 4.90 Å². The minimum Gasteiger partial charge on any atom is -0.496 e. The van der Waals surface area contributed by atoms with Crippen LogP contribution >= 0.6 is 0 Å². The number of nitrogens with two attached hydrogens (primary N) is 1. The van der Waals surface area contributed by atoms with Crippen LogP contribution in [0.25, 0.3) is 0 Å². The highest BCUT2D eigenvalue weighted by Gasteiger charge is 2.26. The molecular weight excluding hydrogens is 262 g/mol. The fourth-order valence-electron chi connectivity index (χ4n) is 2.73. The lowest BCUT2D eigenvalue weighted by molar-refractivity contribution is 0.158. The van der Waals surface area contributed by atoms with Gasteiger partial charge in [0.05, 0.1) is 19.2 Å². The first-order valence-electron chi connectivity index (χ1n) is 7.50. The molecule has 4 heteroatoms. The third-order valence-corrected chi connectivity index (χ3v) is 3.46. The molecule has 1 aromatic carbocycles. The van der Waals surface area contributed by atoms with Crippen LogP contribution in [0.1, 0.15) is 38.8 Å². The van der Waals surface area contributed by atoms with Crippen LogP contribution in [-0.4, -0.2) is 31.1 Å². The zero-order chi connectivity index (χ0) is 15.8. The summed E-state index contributed by atoms with van der Waals surface area (Å²) in [6.07, 6.45) is 0.505. The van der Waals surface area contributed by atoms with Gasteiger partial charge in [0.2, 0.25) is 0 Å². The van der Waals surface area contributed by atoms with Gasteiger partial charge in [-0.05, 0) is 18.9 Å². The van der Waals surface area contributed by atoms with E-state index in [0.29, 0.717) is 12.3 Å². The van der Waals surface area contributed by atoms with Gasteiger partial charge in [-0.15, -0.1) is 0 Å². The minimum atomic E-state index is -0.0428. The second kappa shape index (κ2) is 8.66. The summed E-state index contributed by atoms with van der Waals surface area (Å²) in [5, 5.41) is 8.91. The summed E-state index contributed by atoms with van der Waals surface area (Å²) in [6, 6.07) is 10.2. The van der Waals surface area contributed by atoms with Crippen LogP contribution in [0.4, 0.5) is 0 Å². The predicted molar refractivity (Wildman–Crippen MR) is 86.0 cm³/mol. The van der Waals surface area contributed by atoms with E-state index < -0.39 is 0 Å². The molecule has 4 nitrogen and oxygen atoms in total. The van der Waals surface area contributed by atoms with Crippen molar-refractivity contribution in [2.24, 2.45) is 11.7 Å². The second-order valence-electron chi connectivity index (χ2n) is 5.84. The van der Waals surface area contributed by atoms with E-state index in [1.807, 2.05) is 25.1 Å². The highest BCUT2D eigenvalue weighted by Crippen LogP contribution is 2.31. The number of ether oxygens (including phenoxy) is 1. The van der Waals surface area contributed by atoms with Crippen molar-refractivity contribution in [3.8, 4) is 11.8 Å². The van der Waals surface area contributed by atoms with Crippen LogP contribution in [-0.2, 0) is 0 Å². The number of benzene rings is 1. The SMILES string of the molecule is COc1ccccc1C(C(C)N)N(CCC#N)CC(C)C. The van der Waals surface area contributed by atoms with Crippen LogP contribution in [0.15, 0.2) is 24.3 Å². The lowest BCUT2D eigenvalue weighted by Gasteiger charge is -2.36. The Bertz CT molecular complexity index is 465. The Labute approximate surface area is 128 Å². The monoisotopic (exact) mass is 289 g/mol. The first kappa shape index (κ1) is 17.5. The van der Waals surface area contributed by atoms with Crippen LogP contribution in [0.3, 0.4) is 0 Å². The number of hydrogen-bond donors (Lipinski definition) is 1. The number of methoxy groups -OCH3 is 1. The predicted octanol–water partition coefficient (Wildman–Crippen LogP) is 2.96. The molecule has 0 saturated heterocycles. The van der Waals surface area contributed by atoms with E-state index in [0.717, 1.165) is 24.4 Å². The van der Waals surface area contributed by atoms with Gasteiger partial charge in [0, 0.05) is 31.1 Å². The number of hydrogen-bond acceptors (Lipinski definition) is 4. The molecule has 2 unspecified atom stereocenters. The number of nitrogens with zero attached hydrogens (tertiary/aromatic N) is 2. The van der Waals surface area contributed by atoms with Crippen molar-refractivity contribution >= 4 is 0 Å². The van der Waals surface area contributed by atoms with Gasteiger partial charge in [-0.3, -0.25) is 4.90 Å². The van der Waals surface area contributed by atoms with Crippen molar-refractivity contribution in [2.75, 3.05) is 20.2 Å². The van der Waals surface area contributed by atoms with Crippen molar-refractivity contribution in [1.29, 1.82) is 5.26 Å². The summed E-state index contributed by atoms with van der Waals surface area (Å²) in [4.78, 5) is 2.30. The van der Waals surface area contributed by atoms with Crippen LogP contribution in [0, 0.1) is 17.2 Å². The Morgan fingerprint density at radius 2 is 1.95 bits per heavy atom. The first-order chi connectivity index (χ1) is 10.0.